The monoisotopic (exact) mass is 680 g/mol. The van der Waals surface area contributed by atoms with Gasteiger partial charge in [0.05, 0.1) is 16.4 Å². The van der Waals surface area contributed by atoms with Gasteiger partial charge in [-0.05, 0) is 41.0 Å². The number of hydrogen-bond donors (Lipinski definition) is 0. The smallest absolute Gasteiger partial charge is 0.164 e. The third kappa shape index (κ3) is 4.28. The molecule has 10 aromatic rings. The molecule has 0 amide bonds. The van der Waals surface area contributed by atoms with E-state index >= 15 is 0 Å². The van der Waals surface area contributed by atoms with Crippen molar-refractivity contribution in [1.29, 1.82) is 0 Å². The van der Waals surface area contributed by atoms with Crippen molar-refractivity contribution in [3.05, 3.63) is 169 Å². The molecule has 0 saturated heterocycles. The molecule has 0 fully saturated rings. The van der Waals surface area contributed by atoms with Crippen molar-refractivity contribution < 1.29 is 4.42 Å². The second-order valence-corrected chi connectivity index (χ2v) is 14.4. The molecule has 3 aromatic heterocycles. The van der Waals surface area contributed by atoms with Gasteiger partial charge in [-0.1, -0.05) is 147 Å². The fourth-order valence-electron chi connectivity index (χ4n) is 8.68. The Morgan fingerprint density at radius 1 is 0.528 bits per heavy atom. The van der Waals surface area contributed by atoms with Crippen molar-refractivity contribution in [1.82, 2.24) is 19.5 Å². The molecule has 1 aliphatic rings. The lowest BCUT2D eigenvalue weighted by atomic mass is 9.80. The summed E-state index contributed by atoms with van der Waals surface area (Å²) >= 11 is 0. The van der Waals surface area contributed by atoms with E-state index in [9.17, 15) is 0 Å². The van der Waals surface area contributed by atoms with Crippen LogP contribution in [0.15, 0.2) is 162 Å². The van der Waals surface area contributed by atoms with Gasteiger partial charge in [0.15, 0.2) is 17.5 Å². The molecule has 53 heavy (non-hydrogen) atoms. The zero-order valence-electron chi connectivity index (χ0n) is 29.2. The van der Waals surface area contributed by atoms with E-state index in [4.69, 9.17) is 19.4 Å². The number of hydrogen-bond acceptors (Lipinski definition) is 4. The Hall–Kier alpha value is -6.85. The molecule has 0 spiro atoms. The van der Waals surface area contributed by atoms with Gasteiger partial charge in [-0.2, -0.15) is 0 Å². The summed E-state index contributed by atoms with van der Waals surface area (Å²) in [5.41, 5.74) is 12.8. The highest BCUT2D eigenvalue weighted by Crippen LogP contribution is 2.57. The number of para-hydroxylation sites is 2. The van der Waals surface area contributed by atoms with Crippen LogP contribution in [0.25, 0.3) is 94.7 Å². The quantitative estimate of drug-likeness (QED) is 0.186. The van der Waals surface area contributed by atoms with Crippen LogP contribution in [0.2, 0.25) is 0 Å². The van der Waals surface area contributed by atoms with E-state index in [1.165, 1.54) is 27.6 Å². The molecule has 1 aliphatic carbocycles. The van der Waals surface area contributed by atoms with Gasteiger partial charge in [-0.25, -0.2) is 15.0 Å². The number of rotatable bonds is 4. The number of furan rings is 1. The van der Waals surface area contributed by atoms with Crippen LogP contribution in [0, 0.1) is 0 Å². The second-order valence-electron chi connectivity index (χ2n) is 14.4. The summed E-state index contributed by atoms with van der Waals surface area (Å²) in [5.74, 6) is 1.90. The standard InChI is InChI=1S/C48H32N4O/c1-48(2)36-25-12-9-22-33(36)39-42(48)40-35-24-11-14-27-38(35)53-44(40)41-34-23-10-13-26-37(34)52(43(39)41)32-21-15-20-31(28-32)47-50-45(29-16-5-3-6-17-29)49-46(51-47)30-18-7-4-8-19-30/h3-28H,1-2H3. The predicted molar refractivity (Wildman–Crippen MR) is 215 cm³/mol. The third-order valence-corrected chi connectivity index (χ3v) is 11.0. The highest BCUT2D eigenvalue weighted by Gasteiger charge is 2.41. The van der Waals surface area contributed by atoms with E-state index in [1.807, 2.05) is 60.7 Å². The van der Waals surface area contributed by atoms with Crippen molar-refractivity contribution in [3.63, 3.8) is 0 Å². The van der Waals surface area contributed by atoms with Crippen LogP contribution in [-0.2, 0) is 5.41 Å². The van der Waals surface area contributed by atoms with Gasteiger partial charge in [0.25, 0.3) is 0 Å². The van der Waals surface area contributed by atoms with Crippen LogP contribution >= 0.6 is 0 Å². The first-order valence-corrected chi connectivity index (χ1v) is 18.0. The lowest BCUT2D eigenvalue weighted by Gasteiger charge is -2.22. The molecule has 0 N–H and O–H groups in total. The van der Waals surface area contributed by atoms with E-state index in [-0.39, 0.29) is 5.41 Å². The molecule has 3 heterocycles. The Bertz CT molecular complexity index is 3020. The van der Waals surface area contributed by atoms with Crippen LogP contribution in [-0.4, -0.2) is 19.5 Å². The van der Waals surface area contributed by atoms with Crippen LogP contribution < -0.4 is 0 Å². The Labute approximate surface area is 305 Å². The van der Waals surface area contributed by atoms with Crippen LogP contribution in [0.3, 0.4) is 0 Å². The lowest BCUT2D eigenvalue weighted by molar-refractivity contribution is 0.659. The molecule has 0 atom stereocenters. The maximum Gasteiger partial charge on any atom is 0.164 e. The first-order valence-electron chi connectivity index (χ1n) is 18.0. The van der Waals surface area contributed by atoms with Crippen molar-refractivity contribution in [2.45, 2.75) is 19.3 Å². The van der Waals surface area contributed by atoms with Crippen molar-refractivity contribution >= 4 is 43.7 Å². The normalized spacial score (nSPS) is 13.2. The minimum Gasteiger partial charge on any atom is -0.455 e. The van der Waals surface area contributed by atoms with E-state index in [0.717, 1.165) is 60.7 Å². The molecule has 250 valence electrons. The van der Waals surface area contributed by atoms with Gasteiger partial charge >= 0.3 is 0 Å². The van der Waals surface area contributed by atoms with Crippen molar-refractivity contribution in [2.75, 3.05) is 0 Å². The summed E-state index contributed by atoms with van der Waals surface area (Å²) in [7, 11) is 0. The highest BCUT2D eigenvalue weighted by atomic mass is 16.3. The Morgan fingerprint density at radius 3 is 1.85 bits per heavy atom. The number of nitrogens with zero attached hydrogens (tertiary/aromatic N) is 4. The van der Waals surface area contributed by atoms with E-state index in [1.54, 1.807) is 0 Å². The Kier molecular flexibility index (Phi) is 6.23. The summed E-state index contributed by atoms with van der Waals surface area (Å²) in [5, 5.41) is 4.63. The first kappa shape index (κ1) is 29.8. The van der Waals surface area contributed by atoms with Crippen LogP contribution in [0.1, 0.15) is 25.0 Å². The molecular weight excluding hydrogens is 649 g/mol. The predicted octanol–water partition coefficient (Wildman–Crippen LogP) is 12.2. The largest absolute Gasteiger partial charge is 0.455 e. The summed E-state index contributed by atoms with van der Waals surface area (Å²) in [4.78, 5) is 15.1. The molecule has 0 aliphatic heterocycles. The number of benzene rings is 7. The molecule has 11 rings (SSSR count). The molecule has 5 heteroatoms. The second kappa shape index (κ2) is 11.1. The molecule has 0 radical (unpaired) electrons. The topological polar surface area (TPSA) is 56.7 Å². The van der Waals surface area contributed by atoms with Gasteiger partial charge < -0.3 is 8.98 Å². The van der Waals surface area contributed by atoms with E-state index < -0.39 is 0 Å². The zero-order valence-corrected chi connectivity index (χ0v) is 29.2. The zero-order chi connectivity index (χ0) is 35.3. The average molecular weight is 681 g/mol. The SMILES string of the molecule is CC1(C)c2ccccc2-c2c1c1c3ccccc3oc1c1c3ccccc3n(-c3cccc(-c4nc(-c5ccccc5)nc(-c5ccccc5)n4)c3)c21. The van der Waals surface area contributed by atoms with Gasteiger partial charge in [0.1, 0.15) is 11.2 Å². The Morgan fingerprint density at radius 2 is 1.11 bits per heavy atom. The van der Waals surface area contributed by atoms with Gasteiger partial charge in [-0.3, -0.25) is 0 Å². The van der Waals surface area contributed by atoms with E-state index in [0.29, 0.717) is 17.5 Å². The van der Waals surface area contributed by atoms with E-state index in [2.05, 4.69) is 115 Å². The molecule has 0 bridgehead atoms. The summed E-state index contributed by atoms with van der Waals surface area (Å²) in [6.07, 6.45) is 0. The molecule has 7 aromatic carbocycles. The van der Waals surface area contributed by atoms with Gasteiger partial charge in [0.2, 0.25) is 0 Å². The number of aromatic nitrogens is 4. The van der Waals surface area contributed by atoms with Crippen LogP contribution in [0.4, 0.5) is 0 Å². The van der Waals surface area contributed by atoms with Crippen LogP contribution in [0.5, 0.6) is 0 Å². The molecule has 0 unspecified atom stereocenters. The molecule has 5 nitrogen and oxygen atoms in total. The number of fused-ring (bicyclic) bond motifs is 12. The Balaban J connectivity index is 1.24. The summed E-state index contributed by atoms with van der Waals surface area (Å²) in [6, 6.07) is 54.9. The minimum absolute atomic E-state index is 0.249. The fourth-order valence-corrected chi connectivity index (χ4v) is 8.68. The van der Waals surface area contributed by atoms with Crippen molar-refractivity contribution in [2.24, 2.45) is 0 Å². The van der Waals surface area contributed by atoms with Crippen molar-refractivity contribution in [3.8, 4) is 51.0 Å². The molecular formula is C48H32N4O. The average Bonchev–Trinajstić information content (AvgIpc) is 3.84. The summed E-state index contributed by atoms with van der Waals surface area (Å²) < 4.78 is 9.33. The maximum absolute atomic E-state index is 6.90. The fraction of sp³-hybridized carbons (Fsp3) is 0.0625. The first-order chi connectivity index (χ1) is 26.1. The summed E-state index contributed by atoms with van der Waals surface area (Å²) in [6.45, 7) is 4.71. The maximum atomic E-state index is 6.90. The molecule has 0 saturated carbocycles. The third-order valence-electron chi connectivity index (χ3n) is 11.0. The highest BCUT2D eigenvalue weighted by molar-refractivity contribution is 6.29. The lowest BCUT2D eigenvalue weighted by Crippen LogP contribution is -2.15. The minimum atomic E-state index is -0.249. The van der Waals surface area contributed by atoms with Gasteiger partial charge in [0, 0.05) is 49.5 Å². The van der Waals surface area contributed by atoms with Gasteiger partial charge in [-0.15, -0.1) is 0 Å².